The predicted octanol–water partition coefficient (Wildman–Crippen LogP) is 2.47. The normalized spacial score (nSPS) is 17.1. The van der Waals surface area contributed by atoms with Crippen molar-refractivity contribution in [3.63, 3.8) is 0 Å². The minimum atomic E-state index is -0.0122. The summed E-state index contributed by atoms with van der Waals surface area (Å²) in [7, 11) is 0. The van der Waals surface area contributed by atoms with E-state index in [0.29, 0.717) is 38.4 Å². The quantitative estimate of drug-likeness (QED) is 0.632. The van der Waals surface area contributed by atoms with E-state index in [9.17, 15) is 9.59 Å². The Morgan fingerprint density at radius 3 is 2.35 bits per heavy atom. The van der Waals surface area contributed by atoms with Gasteiger partial charge in [-0.1, -0.05) is 36.4 Å². The van der Waals surface area contributed by atoms with Gasteiger partial charge in [-0.25, -0.2) is 4.98 Å². The molecular formula is C26H29N5O3. The fourth-order valence-electron chi connectivity index (χ4n) is 4.50. The number of piperazine rings is 1. The van der Waals surface area contributed by atoms with E-state index in [-0.39, 0.29) is 11.8 Å². The van der Waals surface area contributed by atoms with Gasteiger partial charge in [0.15, 0.2) is 0 Å². The third-order valence-electron chi connectivity index (χ3n) is 6.35. The second kappa shape index (κ2) is 10.2. The van der Waals surface area contributed by atoms with Crippen LogP contribution >= 0.6 is 0 Å². The van der Waals surface area contributed by atoms with Crippen molar-refractivity contribution in [3.8, 4) is 0 Å². The number of amides is 2. The molecule has 8 nitrogen and oxygen atoms in total. The molecule has 2 saturated heterocycles. The maximum atomic E-state index is 13.3. The third-order valence-corrected chi connectivity index (χ3v) is 6.35. The van der Waals surface area contributed by atoms with Gasteiger partial charge in [-0.15, -0.1) is 0 Å². The number of nitrogens with zero attached hydrogens (tertiary/aromatic N) is 4. The van der Waals surface area contributed by atoms with Crippen LogP contribution in [0.2, 0.25) is 0 Å². The van der Waals surface area contributed by atoms with Crippen LogP contribution in [-0.4, -0.2) is 85.6 Å². The third kappa shape index (κ3) is 5.03. The molecule has 1 N–H and O–H groups in total. The summed E-state index contributed by atoms with van der Waals surface area (Å²) in [4.78, 5) is 36.8. The van der Waals surface area contributed by atoms with Gasteiger partial charge < -0.3 is 19.9 Å². The number of nitrogens with one attached hydrogen (secondary N) is 1. The minimum absolute atomic E-state index is 0.0122. The summed E-state index contributed by atoms with van der Waals surface area (Å²) in [5, 5.41) is 3.82. The topological polar surface area (TPSA) is 78.0 Å². The maximum absolute atomic E-state index is 13.3. The van der Waals surface area contributed by atoms with Crippen LogP contribution in [0.3, 0.4) is 0 Å². The van der Waals surface area contributed by atoms with E-state index in [1.54, 1.807) is 0 Å². The molecule has 2 aliphatic rings. The van der Waals surface area contributed by atoms with Crippen LogP contribution in [0.1, 0.15) is 10.4 Å². The average molecular weight is 460 g/mol. The number of carbonyl (C=O) groups excluding carboxylic acids is 2. The number of hydrogen-bond acceptors (Lipinski definition) is 6. The zero-order valence-electron chi connectivity index (χ0n) is 19.2. The summed E-state index contributed by atoms with van der Waals surface area (Å²) >= 11 is 0. The summed E-state index contributed by atoms with van der Waals surface area (Å²) in [6.45, 7) is 5.71. The van der Waals surface area contributed by atoms with Gasteiger partial charge in [-0.05, 0) is 24.3 Å². The molecule has 2 fully saturated rings. The van der Waals surface area contributed by atoms with Crippen molar-refractivity contribution in [1.82, 2.24) is 14.8 Å². The first-order valence-corrected chi connectivity index (χ1v) is 11.8. The van der Waals surface area contributed by atoms with E-state index < -0.39 is 0 Å². The Labute approximate surface area is 199 Å². The number of hydrogen-bond donors (Lipinski definition) is 1. The highest BCUT2D eigenvalue weighted by molar-refractivity contribution is 6.07. The Kier molecular flexibility index (Phi) is 6.69. The summed E-state index contributed by atoms with van der Waals surface area (Å²) in [5.74, 6) is 0.824. The van der Waals surface area contributed by atoms with Gasteiger partial charge in [0.05, 0.1) is 30.8 Å². The lowest BCUT2D eigenvalue weighted by molar-refractivity contribution is -0.117. The SMILES string of the molecule is O=C(CN1CCN(c2cc(C(=O)N3CCOCC3)c3ccccc3n2)CC1)Nc1ccccc1. The molecule has 8 heteroatoms. The molecule has 0 atom stereocenters. The molecule has 0 radical (unpaired) electrons. The second-order valence-electron chi connectivity index (χ2n) is 8.63. The van der Waals surface area contributed by atoms with Gasteiger partial charge >= 0.3 is 0 Å². The van der Waals surface area contributed by atoms with Crippen molar-refractivity contribution in [2.24, 2.45) is 0 Å². The molecule has 0 aliphatic carbocycles. The maximum Gasteiger partial charge on any atom is 0.254 e. The largest absolute Gasteiger partial charge is 0.378 e. The van der Waals surface area contributed by atoms with E-state index in [4.69, 9.17) is 9.72 Å². The van der Waals surface area contributed by atoms with Crippen LogP contribution in [0.15, 0.2) is 60.7 Å². The van der Waals surface area contributed by atoms with Gasteiger partial charge in [0.1, 0.15) is 5.82 Å². The molecule has 5 rings (SSSR count). The Morgan fingerprint density at radius 1 is 0.882 bits per heavy atom. The zero-order valence-corrected chi connectivity index (χ0v) is 19.2. The molecule has 176 valence electrons. The minimum Gasteiger partial charge on any atom is -0.378 e. The second-order valence-corrected chi connectivity index (χ2v) is 8.63. The van der Waals surface area contributed by atoms with Crippen LogP contribution in [0.5, 0.6) is 0 Å². The molecule has 0 bridgehead atoms. The number of carbonyl (C=O) groups is 2. The lowest BCUT2D eigenvalue weighted by Crippen LogP contribution is -2.49. The van der Waals surface area contributed by atoms with E-state index in [0.717, 1.165) is 48.6 Å². The Hall–Kier alpha value is -3.49. The number of rotatable bonds is 5. The van der Waals surface area contributed by atoms with Gasteiger partial charge in [0.25, 0.3) is 5.91 Å². The van der Waals surface area contributed by atoms with E-state index in [2.05, 4.69) is 15.1 Å². The number of pyridine rings is 1. The van der Waals surface area contributed by atoms with E-state index >= 15 is 0 Å². The van der Waals surface area contributed by atoms with Crippen LogP contribution in [0, 0.1) is 0 Å². The highest BCUT2D eigenvalue weighted by Gasteiger charge is 2.25. The molecule has 2 aromatic carbocycles. The van der Waals surface area contributed by atoms with E-state index in [1.807, 2.05) is 65.6 Å². The number of ether oxygens (including phenoxy) is 1. The molecule has 2 amide bonds. The fraction of sp³-hybridized carbons (Fsp3) is 0.346. The zero-order chi connectivity index (χ0) is 23.3. The highest BCUT2D eigenvalue weighted by atomic mass is 16.5. The molecule has 0 unspecified atom stereocenters. The molecule has 3 aromatic rings. The molecule has 3 heterocycles. The van der Waals surface area contributed by atoms with Crippen molar-refractivity contribution in [3.05, 3.63) is 66.2 Å². The Bertz CT molecular complexity index is 1160. The Balaban J connectivity index is 1.27. The standard InChI is InChI=1S/C26H29N5O3/c32-25(27-20-6-2-1-3-7-20)19-29-10-12-30(13-11-29)24-18-22(21-8-4-5-9-23(21)28-24)26(33)31-14-16-34-17-15-31/h1-9,18H,10-17,19H2,(H,27,32). The molecular weight excluding hydrogens is 430 g/mol. The Morgan fingerprint density at radius 2 is 1.59 bits per heavy atom. The molecule has 1 aromatic heterocycles. The number of fused-ring (bicyclic) bond motifs is 1. The summed E-state index contributed by atoms with van der Waals surface area (Å²) in [5.41, 5.74) is 2.32. The smallest absolute Gasteiger partial charge is 0.254 e. The molecule has 34 heavy (non-hydrogen) atoms. The number of anilines is 2. The lowest BCUT2D eigenvalue weighted by atomic mass is 10.1. The number of morpholine rings is 1. The van der Waals surface area contributed by atoms with E-state index in [1.165, 1.54) is 0 Å². The van der Waals surface area contributed by atoms with Crippen molar-refractivity contribution >= 4 is 34.2 Å². The molecule has 0 spiro atoms. The van der Waals surface area contributed by atoms with Crippen molar-refractivity contribution in [1.29, 1.82) is 0 Å². The van der Waals surface area contributed by atoms with Crippen molar-refractivity contribution in [2.45, 2.75) is 0 Å². The van der Waals surface area contributed by atoms with Crippen LogP contribution in [0.25, 0.3) is 10.9 Å². The van der Waals surface area contributed by atoms with Crippen LogP contribution < -0.4 is 10.2 Å². The van der Waals surface area contributed by atoms with Crippen LogP contribution in [-0.2, 0) is 9.53 Å². The monoisotopic (exact) mass is 459 g/mol. The first-order chi connectivity index (χ1) is 16.7. The van der Waals surface area contributed by atoms with Crippen LogP contribution in [0.4, 0.5) is 11.5 Å². The van der Waals surface area contributed by atoms with Gasteiger partial charge in [0.2, 0.25) is 5.91 Å². The number of aromatic nitrogens is 1. The molecule has 0 saturated carbocycles. The van der Waals surface area contributed by atoms with Gasteiger partial charge in [0, 0.05) is 50.3 Å². The van der Waals surface area contributed by atoms with Crippen molar-refractivity contribution < 1.29 is 14.3 Å². The summed E-state index contributed by atoms with van der Waals surface area (Å²) < 4.78 is 5.42. The average Bonchev–Trinajstić information content (AvgIpc) is 2.89. The fourth-order valence-corrected chi connectivity index (χ4v) is 4.50. The number of benzene rings is 2. The first-order valence-electron chi connectivity index (χ1n) is 11.8. The van der Waals surface area contributed by atoms with Crippen molar-refractivity contribution in [2.75, 3.05) is 69.2 Å². The summed E-state index contributed by atoms with van der Waals surface area (Å²) in [6.07, 6.45) is 0. The number of para-hydroxylation sites is 2. The first kappa shape index (κ1) is 22.3. The predicted molar refractivity (Wildman–Crippen MR) is 132 cm³/mol. The molecule has 2 aliphatic heterocycles. The summed E-state index contributed by atoms with van der Waals surface area (Å²) in [6, 6.07) is 19.3. The van der Waals surface area contributed by atoms with Gasteiger partial charge in [-0.2, -0.15) is 0 Å². The lowest BCUT2D eigenvalue weighted by Gasteiger charge is -2.35. The van der Waals surface area contributed by atoms with Gasteiger partial charge in [-0.3, -0.25) is 14.5 Å². The highest BCUT2D eigenvalue weighted by Crippen LogP contribution is 2.25.